The highest BCUT2D eigenvalue weighted by molar-refractivity contribution is 6.32. The van der Waals surface area contributed by atoms with Crippen molar-refractivity contribution in [2.24, 2.45) is 11.8 Å². The molecule has 0 aromatic heterocycles. The van der Waals surface area contributed by atoms with Crippen LogP contribution in [-0.2, 0) is 4.79 Å². The highest BCUT2D eigenvalue weighted by Crippen LogP contribution is 2.29. The number of hydrogen-bond donors (Lipinski definition) is 2. The molecule has 1 atom stereocenters. The van der Waals surface area contributed by atoms with Gasteiger partial charge in [-0.25, -0.2) is 0 Å². The molecule has 5 heteroatoms. The summed E-state index contributed by atoms with van der Waals surface area (Å²) in [4.78, 5) is 12.2. The molecule has 2 N–H and O–H groups in total. The smallest absolute Gasteiger partial charge is 0.224 e. The molecule has 1 aromatic rings. The van der Waals surface area contributed by atoms with Gasteiger partial charge in [-0.1, -0.05) is 18.5 Å². The predicted molar refractivity (Wildman–Crippen MR) is 95.2 cm³/mol. The lowest BCUT2D eigenvalue weighted by atomic mass is 9.84. The van der Waals surface area contributed by atoms with E-state index in [1.54, 1.807) is 12.1 Å². The standard InChI is InChI=1S/C18H27ClN2O2/c1-12(2)23-17-5-4-15(11-16(17)19)21-18(22)10-13(3)14-6-8-20-9-7-14/h4-5,11-14,20H,6-10H2,1-3H3,(H,21,22). The molecular weight excluding hydrogens is 312 g/mol. The van der Waals surface area contributed by atoms with Gasteiger partial charge in [-0.15, -0.1) is 0 Å². The number of halogens is 1. The van der Waals surface area contributed by atoms with Crippen LogP contribution in [0, 0.1) is 11.8 Å². The zero-order chi connectivity index (χ0) is 16.8. The largest absolute Gasteiger partial charge is 0.489 e. The lowest BCUT2D eigenvalue weighted by Crippen LogP contribution is -2.32. The van der Waals surface area contributed by atoms with E-state index in [1.165, 1.54) is 0 Å². The van der Waals surface area contributed by atoms with Crippen molar-refractivity contribution < 1.29 is 9.53 Å². The van der Waals surface area contributed by atoms with Crippen molar-refractivity contribution in [1.82, 2.24) is 5.32 Å². The molecule has 23 heavy (non-hydrogen) atoms. The molecule has 1 aliphatic heterocycles. The lowest BCUT2D eigenvalue weighted by Gasteiger charge is -2.27. The number of carbonyl (C=O) groups excluding carboxylic acids is 1. The fourth-order valence-corrected chi connectivity index (χ4v) is 3.24. The van der Waals surface area contributed by atoms with Gasteiger partial charge in [0, 0.05) is 12.1 Å². The van der Waals surface area contributed by atoms with E-state index in [0.717, 1.165) is 25.9 Å². The van der Waals surface area contributed by atoms with Gasteiger partial charge in [0.05, 0.1) is 11.1 Å². The van der Waals surface area contributed by atoms with Crippen LogP contribution in [0.3, 0.4) is 0 Å². The van der Waals surface area contributed by atoms with Gasteiger partial charge >= 0.3 is 0 Å². The number of carbonyl (C=O) groups is 1. The van der Waals surface area contributed by atoms with Crippen LogP contribution in [-0.4, -0.2) is 25.1 Å². The molecule has 4 nitrogen and oxygen atoms in total. The van der Waals surface area contributed by atoms with Crippen LogP contribution >= 0.6 is 11.6 Å². The Morgan fingerprint density at radius 2 is 2.04 bits per heavy atom. The van der Waals surface area contributed by atoms with Crippen molar-refractivity contribution in [3.05, 3.63) is 23.2 Å². The van der Waals surface area contributed by atoms with Gasteiger partial charge in [0.25, 0.3) is 0 Å². The topological polar surface area (TPSA) is 50.4 Å². The number of amides is 1. The van der Waals surface area contributed by atoms with Gasteiger partial charge in [-0.3, -0.25) is 4.79 Å². The maximum absolute atomic E-state index is 12.2. The Morgan fingerprint density at radius 1 is 1.35 bits per heavy atom. The van der Waals surface area contributed by atoms with E-state index in [-0.39, 0.29) is 12.0 Å². The molecule has 0 bridgehead atoms. The minimum atomic E-state index is 0.0460. The summed E-state index contributed by atoms with van der Waals surface area (Å²) in [5.41, 5.74) is 0.716. The Balaban J connectivity index is 1.88. The van der Waals surface area contributed by atoms with E-state index in [9.17, 15) is 4.79 Å². The summed E-state index contributed by atoms with van der Waals surface area (Å²) in [5.74, 6) is 1.72. The number of benzene rings is 1. The zero-order valence-corrected chi connectivity index (χ0v) is 15.0. The first kappa shape index (κ1) is 18.1. The molecule has 0 saturated carbocycles. The van der Waals surface area contributed by atoms with Crippen molar-refractivity contribution in [1.29, 1.82) is 0 Å². The SMILES string of the molecule is CC(C)Oc1ccc(NC(=O)CC(C)C2CCNCC2)cc1Cl. The molecule has 1 aromatic carbocycles. The summed E-state index contributed by atoms with van der Waals surface area (Å²) in [6.45, 7) is 8.19. The maximum Gasteiger partial charge on any atom is 0.224 e. The lowest BCUT2D eigenvalue weighted by molar-refractivity contribution is -0.117. The van der Waals surface area contributed by atoms with E-state index < -0.39 is 0 Å². The normalized spacial score (nSPS) is 17.1. The van der Waals surface area contributed by atoms with Crippen LogP contribution in [0.2, 0.25) is 5.02 Å². The third-order valence-corrected chi connectivity index (χ3v) is 4.57. The van der Waals surface area contributed by atoms with Gasteiger partial charge in [0.1, 0.15) is 5.75 Å². The first-order valence-corrected chi connectivity index (χ1v) is 8.80. The minimum Gasteiger partial charge on any atom is -0.489 e. The first-order valence-electron chi connectivity index (χ1n) is 8.42. The Bertz CT molecular complexity index is 528. The van der Waals surface area contributed by atoms with Gasteiger partial charge in [0.2, 0.25) is 5.91 Å². The molecule has 128 valence electrons. The molecule has 1 saturated heterocycles. The molecule has 1 aliphatic rings. The van der Waals surface area contributed by atoms with E-state index in [2.05, 4.69) is 17.6 Å². The van der Waals surface area contributed by atoms with Crippen LogP contribution in [0.4, 0.5) is 5.69 Å². The summed E-state index contributed by atoms with van der Waals surface area (Å²) >= 11 is 6.20. The molecule has 1 fully saturated rings. The number of rotatable bonds is 6. The fourth-order valence-electron chi connectivity index (χ4n) is 3.01. The maximum atomic E-state index is 12.2. The van der Waals surface area contributed by atoms with Crippen LogP contribution in [0.25, 0.3) is 0 Å². The van der Waals surface area contributed by atoms with Crippen molar-refractivity contribution >= 4 is 23.2 Å². The fraction of sp³-hybridized carbons (Fsp3) is 0.611. The van der Waals surface area contributed by atoms with Crippen LogP contribution in [0.1, 0.15) is 40.0 Å². The van der Waals surface area contributed by atoms with Crippen molar-refractivity contribution in [2.75, 3.05) is 18.4 Å². The van der Waals surface area contributed by atoms with E-state index >= 15 is 0 Å². The quantitative estimate of drug-likeness (QED) is 0.821. The third-order valence-electron chi connectivity index (χ3n) is 4.27. The van der Waals surface area contributed by atoms with Gasteiger partial charge in [0.15, 0.2) is 0 Å². The number of anilines is 1. The first-order chi connectivity index (χ1) is 11.0. The highest BCUT2D eigenvalue weighted by atomic mass is 35.5. The summed E-state index contributed by atoms with van der Waals surface area (Å²) in [5, 5.41) is 6.82. The third kappa shape index (κ3) is 5.70. The molecule has 0 radical (unpaired) electrons. The summed E-state index contributed by atoms with van der Waals surface area (Å²) < 4.78 is 5.60. The minimum absolute atomic E-state index is 0.0460. The second kappa shape index (κ2) is 8.55. The average Bonchev–Trinajstić information content (AvgIpc) is 2.50. The highest BCUT2D eigenvalue weighted by Gasteiger charge is 2.22. The summed E-state index contributed by atoms with van der Waals surface area (Å²) in [6, 6.07) is 5.37. The summed E-state index contributed by atoms with van der Waals surface area (Å²) in [7, 11) is 0. The molecule has 2 rings (SSSR count). The molecule has 1 unspecified atom stereocenters. The van der Waals surface area contributed by atoms with Gasteiger partial charge in [-0.2, -0.15) is 0 Å². The van der Waals surface area contributed by atoms with Crippen LogP contribution < -0.4 is 15.4 Å². The predicted octanol–water partition coefficient (Wildman–Crippen LogP) is 4.09. The Labute approximate surface area is 143 Å². The Morgan fingerprint density at radius 3 is 2.65 bits per heavy atom. The van der Waals surface area contributed by atoms with E-state index in [1.807, 2.05) is 19.9 Å². The molecule has 1 heterocycles. The van der Waals surface area contributed by atoms with E-state index in [0.29, 0.717) is 34.7 Å². The summed E-state index contributed by atoms with van der Waals surface area (Å²) in [6.07, 6.45) is 2.93. The molecule has 1 amide bonds. The number of nitrogens with one attached hydrogen (secondary N) is 2. The van der Waals surface area contributed by atoms with Crippen LogP contribution in [0.15, 0.2) is 18.2 Å². The second-order valence-corrected chi connectivity index (χ2v) is 7.04. The monoisotopic (exact) mass is 338 g/mol. The number of hydrogen-bond acceptors (Lipinski definition) is 3. The Kier molecular flexibility index (Phi) is 6.72. The molecular formula is C18H27ClN2O2. The van der Waals surface area contributed by atoms with Crippen molar-refractivity contribution in [3.63, 3.8) is 0 Å². The van der Waals surface area contributed by atoms with Crippen molar-refractivity contribution in [3.8, 4) is 5.75 Å². The van der Waals surface area contributed by atoms with Gasteiger partial charge in [-0.05, 0) is 69.8 Å². The molecule has 0 aliphatic carbocycles. The van der Waals surface area contributed by atoms with Gasteiger partial charge < -0.3 is 15.4 Å². The average molecular weight is 339 g/mol. The zero-order valence-electron chi connectivity index (χ0n) is 14.2. The number of ether oxygens (including phenoxy) is 1. The second-order valence-electron chi connectivity index (χ2n) is 6.63. The Hall–Kier alpha value is -1.26. The molecule has 0 spiro atoms. The van der Waals surface area contributed by atoms with Crippen LogP contribution in [0.5, 0.6) is 5.75 Å². The van der Waals surface area contributed by atoms with E-state index in [4.69, 9.17) is 16.3 Å². The van der Waals surface area contributed by atoms with Crippen molar-refractivity contribution in [2.45, 2.75) is 46.1 Å². The number of piperidine rings is 1.